The average molecular weight is 401 g/mol. The Labute approximate surface area is 164 Å². The van der Waals surface area contributed by atoms with Crippen molar-refractivity contribution in [1.82, 2.24) is 9.97 Å². The number of furan rings is 1. The summed E-state index contributed by atoms with van der Waals surface area (Å²) in [6.45, 7) is 3.75. The van der Waals surface area contributed by atoms with Crippen molar-refractivity contribution in [1.29, 1.82) is 5.26 Å². The Morgan fingerprint density at radius 3 is 2.79 bits per heavy atom. The van der Waals surface area contributed by atoms with E-state index in [0.717, 1.165) is 29.3 Å². The smallest absolute Gasteiger partial charge is 0.269 e. The molecule has 5 nitrogen and oxygen atoms in total. The van der Waals surface area contributed by atoms with Crippen LogP contribution in [0, 0.1) is 29.9 Å². The van der Waals surface area contributed by atoms with E-state index in [1.54, 1.807) is 0 Å². The van der Waals surface area contributed by atoms with Gasteiger partial charge in [0.2, 0.25) is 0 Å². The van der Waals surface area contributed by atoms with Gasteiger partial charge in [-0.15, -0.1) is 0 Å². The summed E-state index contributed by atoms with van der Waals surface area (Å²) in [4.78, 5) is 19.2. The minimum absolute atomic E-state index is 0.0589. The fourth-order valence-corrected chi connectivity index (χ4v) is 3.60. The van der Waals surface area contributed by atoms with Gasteiger partial charge in [-0.05, 0) is 25.1 Å². The van der Waals surface area contributed by atoms with Crippen LogP contribution in [0.1, 0.15) is 41.2 Å². The maximum atomic E-state index is 13.8. The van der Waals surface area contributed by atoms with Gasteiger partial charge in [0.05, 0.1) is 5.69 Å². The second-order valence-electron chi connectivity index (χ2n) is 6.36. The number of nitrogens with one attached hydrogen (secondary N) is 1. The van der Waals surface area contributed by atoms with E-state index in [9.17, 15) is 18.8 Å². The molecule has 3 aromatic rings. The van der Waals surface area contributed by atoms with Gasteiger partial charge in [0.25, 0.3) is 5.56 Å². The second-order valence-corrected chi connectivity index (χ2v) is 7.32. The number of aryl methyl sites for hydroxylation is 1. The number of H-pyrrole nitrogens is 1. The summed E-state index contributed by atoms with van der Waals surface area (Å²) in [6, 6.07) is 9.51. The third-order valence-corrected chi connectivity index (χ3v) is 5.15. The number of nitriles is 1. The number of rotatable bonds is 6. The van der Waals surface area contributed by atoms with Crippen LogP contribution < -0.4 is 5.56 Å². The van der Waals surface area contributed by atoms with Crippen LogP contribution in [0.5, 0.6) is 0 Å². The van der Waals surface area contributed by atoms with E-state index in [0.29, 0.717) is 12.1 Å². The Morgan fingerprint density at radius 2 is 2.11 bits per heavy atom. The summed E-state index contributed by atoms with van der Waals surface area (Å²) in [6.07, 6.45) is 0.335. The lowest BCUT2D eigenvalue weighted by Crippen LogP contribution is -2.18. The van der Waals surface area contributed by atoms with E-state index in [4.69, 9.17) is 4.42 Å². The molecule has 2 heterocycles. The zero-order chi connectivity index (χ0) is 20.3. The molecule has 1 aromatic carbocycles. The number of benzene rings is 1. The molecule has 0 aliphatic rings. The molecule has 0 fully saturated rings. The van der Waals surface area contributed by atoms with Crippen molar-refractivity contribution in [2.24, 2.45) is 0 Å². The van der Waals surface area contributed by atoms with Crippen LogP contribution in [0.4, 0.5) is 8.78 Å². The van der Waals surface area contributed by atoms with Crippen molar-refractivity contribution in [3.8, 4) is 6.07 Å². The molecule has 0 saturated carbocycles. The predicted molar refractivity (Wildman–Crippen MR) is 101 cm³/mol. The van der Waals surface area contributed by atoms with Crippen LogP contribution in [-0.2, 0) is 12.2 Å². The van der Waals surface area contributed by atoms with Crippen molar-refractivity contribution < 1.29 is 13.2 Å². The van der Waals surface area contributed by atoms with E-state index in [1.165, 1.54) is 12.1 Å². The molecule has 0 bridgehead atoms. The molecule has 0 amide bonds. The van der Waals surface area contributed by atoms with Gasteiger partial charge in [-0.2, -0.15) is 5.26 Å². The lowest BCUT2D eigenvalue weighted by atomic mass is 10.0. The van der Waals surface area contributed by atoms with E-state index < -0.39 is 17.2 Å². The monoisotopic (exact) mass is 401 g/mol. The summed E-state index contributed by atoms with van der Waals surface area (Å²) in [5.41, 5.74) is -0.109. The summed E-state index contributed by atoms with van der Waals surface area (Å²) in [7, 11) is 0. The first-order valence-electron chi connectivity index (χ1n) is 8.54. The highest BCUT2D eigenvalue weighted by molar-refractivity contribution is 7.98. The fourth-order valence-electron chi connectivity index (χ4n) is 2.74. The Bertz CT molecular complexity index is 1100. The third-order valence-electron chi connectivity index (χ3n) is 4.23. The van der Waals surface area contributed by atoms with Gasteiger partial charge in [-0.1, -0.05) is 30.8 Å². The quantitative estimate of drug-likeness (QED) is 0.487. The molecule has 1 unspecified atom stereocenters. The summed E-state index contributed by atoms with van der Waals surface area (Å²) in [5, 5.41) is 9.56. The van der Waals surface area contributed by atoms with Crippen molar-refractivity contribution in [2.75, 3.05) is 0 Å². The highest BCUT2D eigenvalue weighted by Gasteiger charge is 2.18. The molecule has 0 aliphatic heterocycles. The van der Waals surface area contributed by atoms with Gasteiger partial charge < -0.3 is 9.40 Å². The zero-order valence-corrected chi connectivity index (χ0v) is 16.1. The SMILES string of the molecule is Cc1ccc(C(C)Cc2nc(SCc3cccc(F)c3F)[nH]c(=O)c2C#N)o1. The van der Waals surface area contributed by atoms with Crippen LogP contribution in [0.2, 0.25) is 0 Å². The number of hydrogen-bond acceptors (Lipinski definition) is 5. The molecule has 1 atom stereocenters. The first kappa shape index (κ1) is 19.8. The molecular formula is C20H17F2N3O2S. The fraction of sp³-hybridized carbons (Fsp3) is 0.250. The molecular weight excluding hydrogens is 384 g/mol. The van der Waals surface area contributed by atoms with Crippen LogP contribution in [-0.4, -0.2) is 9.97 Å². The van der Waals surface area contributed by atoms with Crippen molar-refractivity contribution in [3.63, 3.8) is 0 Å². The summed E-state index contributed by atoms with van der Waals surface area (Å²) in [5.74, 6) is -0.344. The molecule has 3 rings (SSSR count). The second kappa shape index (κ2) is 8.40. The minimum Gasteiger partial charge on any atom is -0.466 e. The lowest BCUT2D eigenvalue weighted by molar-refractivity contribution is 0.450. The highest BCUT2D eigenvalue weighted by atomic mass is 32.2. The van der Waals surface area contributed by atoms with Crippen molar-refractivity contribution in [3.05, 3.63) is 80.7 Å². The van der Waals surface area contributed by atoms with E-state index in [1.807, 2.05) is 32.0 Å². The van der Waals surface area contributed by atoms with Gasteiger partial charge in [0.1, 0.15) is 23.2 Å². The summed E-state index contributed by atoms with van der Waals surface area (Å²) >= 11 is 1.06. The molecule has 28 heavy (non-hydrogen) atoms. The van der Waals surface area contributed by atoms with Gasteiger partial charge in [-0.3, -0.25) is 4.79 Å². The number of nitrogens with zero attached hydrogens (tertiary/aromatic N) is 2. The molecule has 1 N–H and O–H groups in total. The van der Waals surface area contributed by atoms with E-state index >= 15 is 0 Å². The van der Waals surface area contributed by atoms with Crippen LogP contribution in [0.25, 0.3) is 0 Å². The van der Waals surface area contributed by atoms with Crippen LogP contribution in [0.3, 0.4) is 0 Å². The Balaban J connectivity index is 1.84. The van der Waals surface area contributed by atoms with Gasteiger partial charge in [-0.25, -0.2) is 13.8 Å². The van der Waals surface area contributed by atoms with Gasteiger partial charge in [0, 0.05) is 23.7 Å². The Hall–Kier alpha value is -2.92. The maximum Gasteiger partial charge on any atom is 0.269 e. The first-order valence-corrected chi connectivity index (χ1v) is 9.53. The van der Waals surface area contributed by atoms with E-state index in [2.05, 4.69) is 9.97 Å². The largest absolute Gasteiger partial charge is 0.466 e. The molecule has 8 heteroatoms. The van der Waals surface area contributed by atoms with Crippen molar-refractivity contribution >= 4 is 11.8 Å². The average Bonchev–Trinajstić information content (AvgIpc) is 3.09. The number of thioether (sulfide) groups is 1. The zero-order valence-electron chi connectivity index (χ0n) is 15.3. The standard InChI is InChI=1S/C20H17F2N3O2S/c1-11(17-7-6-12(2)27-17)8-16-14(9-23)19(26)25-20(24-16)28-10-13-4-3-5-15(21)18(13)22/h3-7,11H,8,10H2,1-2H3,(H,24,25,26). The van der Waals surface area contributed by atoms with Crippen molar-refractivity contribution in [2.45, 2.75) is 37.1 Å². The maximum absolute atomic E-state index is 13.8. The molecule has 0 spiro atoms. The first-order chi connectivity index (χ1) is 13.4. The number of aromatic amines is 1. The van der Waals surface area contributed by atoms with E-state index in [-0.39, 0.29) is 28.0 Å². The molecule has 0 radical (unpaired) electrons. The normalized spacial score (nSPS) is 12.0. The number of aromatic nitrogens is 2. The number of halogens is 2. The topological polar surface area (TPSA) is 82.7 Å². The lowest BCUT2D eigenvalue weighted by Gasteiger charge is -2.11. The molecule has 144 valence electrons. The Kier molecular flexibility index (Phi) is 5.95. The third kappa shape index (κ3) is 4.31. The predicted octanol–water partition coefficient (Wildman–Crippen LogP) is 4.46. The van der Waals surface area contributed by atoms with Gasteiger partial charge in [0.15, 0.2) is 16.8 Å². The highest BCUT2D eigenvalue weighted by Crippen LogP contribution is 2.25. The van der Waals surface area contributed by atoms with Crippen LogP contribution in [0.15, 0.2) is 44.7 Å². The summed E-state index contributed by atoms with van der Waals surface area (Å²) < 4.78 is 32.7. The molecule has 0 aliphatic carbocycles. The minimum atomic E-state index is -0.928. The molecule has 0 saturated heterocycles. The molecule has 2 aromatic heterocycles. The Morgan fingerprint density at radius 1 is 1.32 bits per heavy atom. The van der Waals surface area contributed by atoms with Crippen LogP contribution >= 0.6 is 11.8 Å². The number of hydrogen-bond donors (Lipinski definition) is 1. The van der Waals surface area contributed by atoms with Gasteiger partial charge >= 0.3 is 0 Å².